The van der Waals surface area contributed by atoms with Crippen molar-refractivity contribution in [2.24, 2.45) is 4.99 Å². The highest BCUT2D eigenvalue weighted by molar-refractivity contribution is 6.33. The molecule has 4 heteroatoms. The normalized spacial score (nSPS) is 9.53. The summed E-state index contributed by atoms with van der Waals surface area (Å²) in [6.07, 6.45) is 1.49. The molecule has 0 aliphatic heterocycles. The van der Waals surface area contributed by atoms with E-state index in [0.717, 1.165) is 18.8 Å². The second-order valence-electron chi connectivity index (χ2n) is 3.01. The van der Waals surface area contributed by atoms with Crippen molar-refractivity contribution < 1.29 is 4.79 Å². The van der Waals surface area contributed by atoms with Crippen molar-refractivity contribution in [2.45, 2.75) is 13.8 Å². The first-order chi connectivity index (χ1) is 7.22. The van der Waals surface area contributed by atoms with E-state index in [4.69, 9.17) is 11.6 Å². The lowest BCUT2D eigenvalue weighted by Crippen LogP contribution is -2.21. The molecule has 15 heavy (non-hydrogen) atoms. The minimum atomic E-state index is 0.533. The Balaban J connectivity index is 3.06. The summed E-state index contributed by atoms with van der Waals surface area (Å²) in [5, 5.41) is 0.607. The van der Waals surface area contributed by atoms with Gasteiger partial charge < -0.3 is 4.90 Å². The first kappa shape index (κ1) is 11.8. The van der Waals surface area contributed by atoms with Crippen LogP contribution < -0.4 is 4.90 Å². The van der Waals surface area contributed by atoms with Gasteiger partial charge in [-0.3, -0.25) is 0 Å². The molecule has 80 valence electrons. The Morgan fingerprint density at radius 3 is 2.53 bits per heavy atom. The number of hydrogen-bond donors (Lipinski definition) is 0. The minimum Gasteiger partial charge on any atom is -0.371 e. The first-order valence-corrected chi connectivity index (χ1v) is 5.23. The van der Waals surface area contributed by atoms with Gasteiger partial charge >= 0.3 is 0 Å². The SMILES string of the molecule is CCN(CC)c1ccc(N=C=O)cc1Cl. The number of nitrogens with zero attached hydrogens (tertiary/aromatic N) is 2. The maximum Gasteiger partial charge on any atom is 0.240 e. The third-order valence-electron chi connectivity index (χ3n) is 2.21. The van der Waals surface area contributed by atoms with Gasteiger partial charge in [-0.15, -0.1) is 0 Å². The first-order valence-electron chi connectivity index (χ1n) is 4.85. The molecule has 0 aliphatic carbocycles. The quantitative estimate of drug-likeness (QED) is 0.581. The summed E-state index contributed by atoms with van der Waals surface area (Å²) >= 11 is 6.09. The summed E-state index contributed by atoms with van der Waals surface area (Å²) in [5.41, 5.74) is 1.50. The largest absolute Gasteiger partial charge is 0.371 e. The van der Waals surface area contributed by atoms with Gasteiger partial charge in [-0.05, 0) is 32.0 Å². The smallest absolute Gasteiger partial charge is 0.240 e. The molecular weight excluding hydrogens is 212 g/mol. The number of anilines is 1. The summed E-state index contributed by atoms with van der Waals surface area (Å²) in [6, 6.07) is 5.29. The molecule has 3 nitrogen and oxygen atoms in total. The molecule has 0 radical (unpaired) electrons. The molecule has 0 saturated carbocycles. The molecule has 1 aromatic carbocycles. The van der Waals surface area contributed by atoms with Crippen LogP contribution in [-0.4, -0.2) is 19.2 Å². The number of halogens is 1. The number of aliphatic imine (C=N–C) groups is 1. The average molecular weight is 225 g/mol. The van der Waals surface area contributed by atoms with Crippen molar-refractivity contribution in [1.82, 2.24) is 0 Å². The van der Waals surface area contributed by atoms with E-state index in [-0.39, 0.29) is 0 Å². The zero-order chi connectivity index (χ0) is 11.3. The highest BCUT2D eigenvalue weighted by Gasteiger charge is 2.06. The van der Waals surface area contributed by atoms with E-state index in [2.05, 4.69) is 23.7 Å². The molecular formula is C11H13ClN2O. The van der Waals surface area contributed by atoms with E-state index in [1.54, 1.807) is 12.1 Å². The number of carbonyl (C=O) groups excluding carboxylic acids is 1. The van der Waals surface area contributed by atoms with E-state index in [1.165, 1.54) is 6.08 Å². The number of isocyanates is 1. The predicted molar refractivity (Wildman–Crippen MR) is 62.8 cm³/mol. The topological polar surface area (TPSA) is 32.7 Å². The second kappa shape index (κ2) is 5.54. The predicted octanol–water partition coefficient (Wildman–Crippen LogP) is 3.15. The maximum atomic E-state index is 10.1. The zero-order valence-corrected chi connectivity index (χ0v) is 9.58. The van der Waals surface area contributed by atoms with Crippen LogP contribution in [0.3, 0.4) is 0 Å². The molecule has 0 saturated heterocycles. The van der Waals surface area contributed by atoms with Gasteiger partial charge in [-0.2, -0.15) is 4.99 Å². The lowest BCUT2D eigenvalue weighted by atomic mass is 10.2. The summed E-state index contributed by atoms with van der Waals surface area (Å²) in [4.78, 5) is 15.7. The van der Waals surface area contributed by atoms with Crippen LogP contribution >= 0.6 is 11.6 Å². The minimum absolute atomic E-state index is 0.533. The fourth-order valence-electron chi connectivity index (χ4n) is 1.44. The van der Waals surface area contributed by atoms with Crippen LogP contribution in [0.1, 0.15) is 13.8 Å². The van der Waals surface area contributed by atoms with Crippen LogP contribution in [0, 0.1) is 0 Å². The van der Waals surface area contributed by atoms with Crippen molar-refractivity contribution >= 4 is 29.1 Å². The van der Waals surface area contributed by atoms with Crippen molar-refractivity contribution in [1.29, 1.82) is 0 Å². The summed E-state index contributed by atoms with van der Waals surface area (Å²) in [7, 11) is 0. The zero-order valence-electron chi connectivity index (χ0n) is 8.83. The Labute approximate surface area is 94.4 Å². The van der Waals surface area contributed by atoms with Crippen LogP contribution in [-0.2, 0) is 4.79 Å². The Morgan fingerprint density at radius 2 is 2.07 bits per heavy atom. The molecule has 0 unspecified atom stereocenters. The van der Waals surface area contributed by atoms with Gasteiger partial charge in [0.2, 0.25) is 6.08 Å². The van der Waals surface area contributed by atoms with Crippen LogP contribution in [0.5, 0.6) is 0 Å². The monoisotopic (exact) mass is 224 g/mol. The van der Waals surface area contributed by atoms with Gasteiger partial charge in [0.25, 0.3) is 0 Å². The van der Waals surface area contributed by atoms with Crippen LogP contribution in [0.15, 0.2) is 23.2 Å². The van der Waals surface area contributed by atoms with Crippen molar-refractivity contribution in [2.75, 3.05) is 18.0 Å². The standard InChI is InChI=1S/C11H13ClN2O/c1-3-14(4-2)11-6-5-9(13-8-15)7-10(11)12/h5-7H,3-4H2,1-2H3. The van der Waals surface area contributed by atoms with E-state index in [9.17, 15) is 4.79 Å². The van der Waals surface area contributed by atoms with Crippen LogP contribution in [0.25, 0.3) is 0 Å². The number of rotatable bonds is 4. The van der Waals surface area contributed by atoms with Gasteiger partial charge in [-0.25, -0.2) is 4.79 Å². The molecule has 0 fully saturated rings. The molecule has 0 aromatic heterocycles. The lowest BCUT2D eigenvalue weighted by Gasteiger charge is -2.22. The summed E-state index contributed by atoms with van der Waals surface area (Å²) in [5.74, 6) is 0. The van der Waals surface area contributed by atoms with E-state index in [0.29, 0.717) is 10.7 Å². The van der Waals surface area contributed by atoms with Gasteiger partial charge in [-0.1, -0.05) is 11.6 Å². The van der Waals surface area contributed by atoms with Gasteiger partial charge in [0.15, 0.2) is 0 Å². The highest BCUT2D eigenvalue weighted by atomic mass is 35.5. The lowest BCUT2D eigenvalue weighted by molar-refractivity contribution is 0.565. The fraction of sp³-hybridized carbons (Fsp3) is 0.364. The van der Waals surface area contributed by atoms with Gasteiger partial charge in [0, 0.05) is 13.1 Å². The highest BCUT2D eigenvalue weighted by Crippen LogP contribution is 2.29. The fourth-order valence-corrected chi connectivity index (χ4v) is 1.73. The third kappa shape index (κ3) is 2.82. The number of hydrogen-bond acceptors (Lipinski definition) is 3. The molecule has 1 rings (SSSR count). The molecule has 0 amide bonds. The van der Waals surface area contributed by atoms with Crippen molar-refractivity contribution in [3.63, 3.8) is 0 Å². The van der Waals surface area contributed by atoms with E-state index >= 15 is 0 Å². The molecule has 0 spiro atoms. The third-order valence-corrected chi connectivity index (χ3v) is 2.51. The van der Waals surface area contributed by atoms with Crippen LogP contribution in [0.4, 0.5) is 11.4 Å². The van der Waals surface area contributed by atoms with Crippen molar-refractivity contribution in [3.05, 3.63) is 23.2 Å². The summed E-state index contributed by atoms with van der Waals surface area (Å²) in [6.45, 7) is 5.92. The maximum absolute atomic E-state index is 10.1. The molecule has 0 N–H and O–H groups in total. The van der Waals surface area contributed by atoms with E-state index < -0.39 is 0 Å². The number of benzene rings is 1. The van der Waals surface area contributed by atoms with Gasteiger partial charge in [0.1, 0.15) is 0 Å². The molecule has 0 heterocycles. The molecule has 0 aliphatic rings. The Morgan fingerprint density at radius 1 is 1.40 bits per heavy atom. The summed E-state index contributed by atoms with van der Waals surface area (Å²) < 4.78 is 0. The second-order valence-corrected chi connectivity index (χ2v) is 3.42. The Bertz CT molecular complexity index is 382. The van der Waals surface area contributed by atoms with Crippen LogP contribution in [0.2, 0.25) is 5.02 Å². The van der Waals surface area contributed by atoms with E-state index in [1.807, 2.05) is 6.07 Å². The van der Waals surface area contributed by atoms with Gasteiger partial charge in [0.05, 0.1) is 16.4 Å². The Kier molecular flexibility index (Phi) is 4.35. The molecule has 0 atom stereocenters. The van der Waals surface area contributed by atoms with Crippen molar-refractivity contribution in [3.8, 4) is 0 Å². The molecule has 1 aromatic rings. The Hall–Kier alpha value is -1.31. The average Bonchev–Trinajstić information content (AvgIpc) is 2.23. The molecule has 0 bridgehead atoms.